The van der Waals surface area contributed by atoms with Crippen molar-refractivity contribution in [3.8, 4) is 0 Å². The molecule has 1 heterocycles. The lowest BCUT2D eigenvalue weighted by molar-refractivity contribution is -0.126. The van der Waals surface area contributed by atoms with E-state index in [-0.39, 0.29) is 17.7 Å². The molecule has 0 radical (unpaired) electrons. The van der Waals surface area contributed by atoms with Crippen molar-refractivity contribution in [2.45, 2.75) is 13.3 Å². The number of hydrogen-bond donors (Lipinski definition) is 1. The van der Waals surface area contributed by atoms with Crippen LogP contribution < -0.4 is 10.2 Å². The van der Waals surface area contributed by atoms with E-state index in [0.29, 0.717) is 19.5 Å². The first-order chi connectivity index (χ1) is 9.97. The summed E-state index contributed by atoms with van der Waals surface area (Å²) in [7, 11) is 3.93. The maximum absolute atomic E-state index is 12.1. The Balaban J connectivity index is 1.93. The lowest BCUT2D eigenvalue weighted by Gasteiger charge is -2.17. The first-order valence-corrected chi connectivity index (χ1v) is 7.27. The number of benzene rings is 1. The SMILES string of the molecule is Cc1ccc(N2CC(C(=O)NCCN(C)C)CC2=O)cc1. The van der Waals surface area contributed by atoms with E-state index in [1.807, 2.05) is 50.2 Å². The molecule has 0 bridgehead atoms. The molecule has 1 aliphatic rings. The van der Waals surface area contributed by atoms with Gasteiger partial charge in [0.1, 0.15) is 0 Å². The zero-order valence-corrected chi connectivity index (χ0v) is 12.9. The van der Waals surface area contributed by atoms with Crippen LogP contribution in [-0.4, -0.2) is 50.4 Å². The number of amides is 2. The summed E-state index contributed by atoms with van der Waals surface area (Å²) in [4.78, 5) is 27.9. The van der Waals surface area contributed by atoms with Crippen LogP contribution >= 0.6 is 0 Å². The Bertz CT molecular complexity index is 511. The van der Waals surface area contributed by atoms with Crippen LogP contribution in [0.15, 0.2) is 24.3 Å². The summed E-state index contributed by atoms with van der Waals surface area (Å²) in [6.45, 7) is 3.89. The molecule has 21 heavy (non-hydrogen) atoms. The first kappa shape index (κ1) is 15.5. The Morgan fingerprint density at radius 3 is 2.62 bits per heavy atom. The second-order valence-electron chi connectivity index (χ2n) is 5.84. The average molecular weight is 289 g/mol. The summed E-state index contributed by atoms with van der Waals surface area (Å²) in [6, 6.07) is 7.82. The van der Waals surface area contributed by atoms with Crippen LogP contribution in [0.2, 0.25) is 0 Å². The van der Waals surface area contributed by atoms with E-state index in [4.69, 9.17) is 0 Å². The summed E-state index contributed by atoms with van der Waals surface area (Å²) in [5.74, 6) is -0.257. The highest BCUT2D eigenvalue weighted by molar-refractivity contribution is 6.00. The van der Waals surface area contributed by atoms with Crippen molar-refractivity contribution in [2.75, 3.05) is 38.6 Å². The van der Waals surface area contributed by atoms with Gasteiger partial charge in [-0.2, -0.15) is 0 Å². The summed E-state index contributed by atoms with van der Waals surface area (Å²) in [6.07, 6.45) is 0.293. The van der Waals surface area contributed by atoms with Gasteiger partial charge in [-0.15, -0.1) is 0 Å². The minimum Gasteiger partial charge on any atom is -0.355 e. The lowest BCUT2D eigenvalue weighted by atomic mass is 10.1. The molecule has 0 aromatic heterocycles. The molecule has 5 heteroatoms. The highest BCUT2D eigenvalue weighted by atomic mass is 16.2. The van der Waals surface area contributed by atoms with Gasteiger partial charge in [0.05, 0.1) is 5.92 Å². The number of likely N-dealkylation sites (N-methyl/N-ethyl adjacent to an activating group) is 1. The van der Waals surface area contributed by atoms with Gasteiger partial charge in [-0.1, -0.05) is 17.7 Å². The van der Waals surface area contributed by atoms with Gasteiger partial charge in [0, 0.05) is 31.7 Å². The van der Waals surface area contributed by atoms with Gasteiger partial charge in [0.25, 0.3) is 0 Å². The molecule has 1 N–H and O–H groups in total. The molecule has 114 valence electrons. The molecule has 1 aromatic rings. The predicted molar refractivity (Wildman–Crippen MR) is 83.2 cm³/mol. The van der Waals surface area contributed by atoms with Gasteiger partial charge in [0.2, 0.25) is 11.8 Å². The minimum atomic E-state index is -0.249. The Morgan fingerprint density at radius 1 is 1.33 bits per heavy atom. The van der Waals surface area contributed by atoms with Crippen molar-refractivity contribution < 1.29 is 9.59 Å². The molecule has 2 rings (SSSR count). The van der Waals surface area contributed by atoms with E-state index >= 15 is 0 Å². The molecular weight excluding hydrogens is 266 g/mol. The highest BCUT2D eigenvalue weighted by Gasteiger charge is 2.34. The number of nitrogens with one attached hydrogen (secondary N) is 1. The predicted octanol–water partition coefficient (Wildman–Crippen LogP) is 1.03. The molecular formula is C16H23N3O2. The Morgan fingerprint density at radius 2 is 2.00 bits per heavy atom. The summed E-state index contributed by atoms with van der Waals surface area (Å²) in [5.41, 5.74) is 2.03. The lowest BCUT2D eigenvalue weighted by Crippen LogP contribution is -2.36. The van der Waals surface area contributed by atoms with E-state index in [2.05, 4.69) is 5.32 Å². The Labute approximate surface area is 125 Å². The van der Waals surface area contributed by atoms with Gasteiger partial charge in [-0.3, -0.25) is 9.59 Å². The largest absolute Gasteiger partial charge is 0.355 e. The zero-order valence-electron chi connectivity index (χ0n) is 12.9. The zero-order chi connectivity index (χ0) is 15.4. The van der Waals surface area contributed by atoms with Gasteiger partial charge < -0.3 is 15.1 Å². The molecule has 2 amide bonds. The number of hydrogen-bond acceptors (Lipinski definition) is 3. The van der Waals surface area contributed by atoms with Crippen molar-refractivity contribution in [1.82, 2.24) is 10.2 Å². The van der Waals surface area contributed by atoms with Gasteiger partial charge >= 0.3 is 0 Å². The van der Waals surface area contributed by atoms with Gasteiger partial charge in [0.15, 0.2) is 0 Å². The second kappa shape index (κ2) is 6.72. The Kier molecular flexibility index (Phi) is 4.96. The molecule has 1 saturated heterocycles. The molecule has 0 spiro atoms. The summed E-state index contributed by atoms with van der Waals surface area (Å²) in [5, 5.41) is 2.90. The monoisotopic (exact) mass is 289 g/mol. The third-order valence-corrected chi connectivity index (χ3v) is 3.70. The van der Waals surface area contributed by atoms with E-state index in [9.17, 15) is 9.59 Å². The van der Waals surface area contributed by atoms with Crippen molar-refractivity contribution >= 4 is 17.5 Å². The van der Waals surface area contributed by atoms with Crippen molar-refractivity contribution in [3.63, 3.8) is 0 Å². The normalized spacial score (nSPS) is 18.4. The molecule has 0 saturated carbocycles. The minimum absolute atomic E-state index is 0.0200. The van der Waals surface area contributed by atoms with Crippen molar-refractivity contribution in [3.05, 3.63) is 29.8 Å². The number of aryl methyl sites for hydroxylation is 1. The molecule has 1 aliphatic heterocycles. The number of carbonyl (C=O) groups is 2. The molecule has 1 unspecified atom stereocenters. The van der Waals surface area contributed by atoms with E-state index in [0.717, 1.165) is 17.8 Å². The van der Waals surface area contributed by atoms with Crippen molar-refractivity contribution in [2.24, 2.45) is 5.92 Å². The summed E-state index contributed by atoms with van der Waals surface area (Å²) >= 11 is 0. The van der Waals surface area contributed by atoms with Gasteiger partial charge in [-0.25, -0.2) is 0 Å². The van der Waals surface area contributed by atoms with E-state index in [1.54, 1.807) is 4.90 Å². The summed E-state index contributed by atoms with van der Waals surface area (Å²) < 4.78 is 0. The van der Waals surface area contributed by atoms with Gasteiger partial charge in [-0.05, 0) is 33.2 Å². The maximum atomic E-state index is 12.1. The fraction of sp³-hybridized carbons (Fsp3) is 0.500. The smallest absolute Gasteiger partial charge is 0.227 e. The fourth-order valence-corrected chi connectivity index (χ4v) is 2.40. The molecule has 5 nitrogen and oxygen atoms in total. The number of rotatable bonds is 5. The molecule has 1 aromatic carbocycles. The standard InChI is InChI=1S/C16H23N3O2/c1-12-4-6-14(7-5-12)19-11-13(10-15(19)20)16(21)17-8-9-18(2)3/h4-7,13H,8-11H2,1-3H3,(H,17,21). The highest BCUT2D eigenvalue weighted by Crippen LogP contribution is 2.25. The van der Waals surface area contributed by atoms with Crippen LogP contribution in [0.1, 0.15) is 12.0 Å². The quantitative estimate of drug-likeness (QED) is 0.881. The average Bonchev–Trinajstić information content (AvgIpc) is 2.81. The number of carbonyl (C=O) groups excluding carboxylic acids is 2. The first-order valence-electron chi connectivity index (χ1n) is 7.27. The fourth-order valence-electron chi connectivity index (χ4n) is 2.40. The molecule has 1 atom stereocenters. The van der Waals surface area contributed by atoms with E-state index < -0.39 is 0 Å². The maximum Gasteiger partial charge on any atom is 0.227 e. The third-order valence-electron chi connectivity index (χ3n) is 3.70. The van der Waals surface area contributed by atoms with Crippen LogP contribution in [0.3, 0.4) is 0 Å². The molecule has 0 aliphatic carbocycles. The third kappa shape index (κ3) is 4.04. The number of anilines is 1. The van der Waals surface area contributed by atoms with Crippen LogP contribution in [0.5, 0.6) is 0 Å². The molecule has 1 fully saturated rings. The second-order valence-corrected chi connectivity index (χ2v) is 5.84. The van der Waals surface area contributed by atoms with Crippen LogP contribution in [0.4, 0.5) is 5.69 Å². The van der Waals surface area contributed by atoms with E-state index in [1.165, 1.54) is 0 Å². The van der Waals surface area contributed by atoms with Crippen molar-refractivity contribution in [1.29, 1.82) is 0 Å². The van der Waals surface area contributed by atoms with Crippen LogP contribution in [-0.2, 0) is 9.59 Å². The number of nitrogens with zero attached hydrogens (tertiary/aromatic N) is 2. The van der Waals surface area contributed by atoms with Crippen LogP contribution in [0, 0.1) is 12.8 Å². The topological polar surface area (TPSA) is 52.7 Å². The van der Waals surface area contributed by atoms with Crippen LogP contribution in [0.25, 0.3) is 0 Å². The Hall–Kier alpha value is -1.88.